The van der Waals surface area contributed by atoms with E-state index in [1.807, 2.05) is 19.1 Å². The number of likely N-dealkylation sites (tertiary alicyclic amines) is 1. The van der Waals surface area contributed by atoms with E-state index in [2.05, 4.69) is 31.7 Å². The minimum Gasteiger partial charge on any atom is -0.382 e. The van der Waals surface area contributed by atoms with Crippen LogP contribution >= 0.6 is 0 Å². The summed E-state index contributed by atoms with van der Waals surface area (Å²) in [6.07, 6.45) is 3.62. The van der Waals surface area contributed by atoms with Crippen LogP contribution in [0.3, 0.4) is 0 Å². The third-order valence-electron chi connectivity index (χ3n) is 5.97. The predicted octanol–water partition coefficient (Wildman–Crippen LogP) is 4.36. The Hall–Kier alpha value is -3.04. The molecule has 0 bridgehead atoms. The zero-order valence-electron chi connectivity index (χ0n) is 17.9. The lowest BCUT2D eigenvalue weighted by atomic mass is 10.0. The molecule has 2 saturated heterocycles. The number of anilines is 3. The predicted molar refractivity (Wildman–Crippen MR) is 123 cm³/mol. The largest absolute Gasteiger partial charge is 0.382 e. The van der Waals surface area contributed by atoms with Gasteiger partial charge in [0.25, 0.3) is 0 Å². The summed E-state index contributed by atoms with van der Waals surface area (Å²) in [5, 5.41) is 11.1. The molecule has 0 unspecified atom stereocenters. The molecule has 1 aromatic heterocycles. The van der Waals surface area contributed by atoms with Crippen LogP contribution in [0.1, 0.15) is 21.3 Å². The fourth-order valence-corrected chi connectivity index (χ4v) is 4.26. The van der Waals surface area contributed by atoms with Gasteiger partial charge in [-0.1, -0.05) is 0 Å². The summed E-state index contributed by atoms with van der Waals surface area (Å²) in [5.41, 5.74) is 3.27. The number of rotatable bonds is 6. The Bertz CT molecular complexity index is 1080. The average Bonchev–Trinajstić information content (AvgIpc) is 3.15. The number of piperidine rings is 1. The van der Waals surface area contributed by atoms with E-state index < -0.39 is 11.6 Å². The highest BCUT2D eigenvalue weighted by Gasteiger charge is 2.29. The minimum absolute atomic E-state index is 0. The van der Waals surface area contributed by atoms with E-state index >= 15 is 0 Å². The van der Waals surface area contributed by atoms with Gasteiger partial charge in [-0.05, 0) is 55.7 Å². The highest BCUT2D eigenvalue weighted by Crippen LogP contribution is 2.25. The van der Waals surface area contributed by atoms with E-state index in [-0.39, 0.29) is 8.54 Å². The summed E-state index contributed by atoms with van der Waals surface area (Å²) in [7, 11) is 0. The second kappa shape index (κ2) is 8.84. The molecule has 3 aromatic rings. The van der Waals surface area contributed by atoms with E-state index in [4.69, 9.17) is 4.74 Å². The molecular formula is C23H30F2N6O. The minimum atomic E-state index is -0.661. The number of nitrogens with zero attached hydrogens (tertiary/aromatic N) is 4. The van der Waals surface area contributed by atoms with Crippen LogP contribution in [0.25, 0.3) is 5.69 Å². The SMILES string of the molecule is Cc1cc(Nc2ncn(-c3cc(F)cc(F)c3)n2)cc(NC2CCN(C3COC3)CC2)c1.[HH].[HH]. The summed E-state index contributed by atoms with van der Waals surface area (Å²) in [5.74, 6) is -0.972. The van der Waals surface area contributed by atoms with Crippen molar-refractivity contribution in [2.24, 2.45) is 0 Å². The summed E-state index contributed by atoms with van der Waals surface area (Å²) < 4.78 is 33.6. The zero-order valence-corrected chi connectivity index (χ0v) is 17.9. The van der Waals surface area contributed by atoms with Crippen molar-refractivity contribution in [1.82, 2.24) is 19.7 Å². The maximum absolute atomic E-state index is 13.5. The van der Waals surface area contributed by atoms with Gasteiger partial charge in [0, 0.05) is 39.4 Å². The summed E-state index contributed by atoms with van der Waals surface area (Å²) in [4.78, 5) is 6.75. The molecule has 2 aliphatic rings. The summed E-state index contributed by atoms with van der Waals surface area (Å²) >= 11 is 0. The number of aromatic nitrogens is 3. The molecule has 3 heterocycles. The van der Waals surface area contributed by atoms with Gasteiger partial charge in [-0.2, -0.15) is 4.98 Å². The van der Waals surface area contributed by atoms with Crippen molar-refractivity contribution in [3.63, 3.8) is 0 Å². The van der Waals surface area contributed by atoms with Crippen molar-refractivity contribution in [3.8, 4) is 5.69 Å². The Morgan fingerprint density at radius 3 is 2.41 bits per heavy atom. The van der Waals surface area contributed by atoms with Gasteiger partial charge in [0.05, 0.1) is 24.9 Å². The van der Waals surface area contributed by atoms with Crippen molar-refractivity contribution in [1.29, 1.82) is 0 Å². The van der Waals surface area contributed by atoms with Gasteiger partial charge >= 0.3 is 0 Å². The number of aryl methyl sites for hydroxylation is 1. The molecule has 0 amide bonds. The normalized spacial score (nSPS) is 17.8. The molecule has 9 heteroatoms. The lowest BCUT2D eigenvalue weighted by molar-refractivity contribution is -0.0705. The van der Waals surface area contributed by atoms with Crippen LogP contribution in [-0.4, -0.2) is 58.1 Å². The molecule has 2 aromatic carbocycles. The molecule has 0 atom stereocenters. The number of nitrogens with one attached hydrogen (secondary N) is 2. The third-order valence-corrected chi connectivity index (χ3v) is 5.97. The van der Waals surface area contributed by atoms with Crippen molar-refractivity contribution in [2.75, 3.05) is 36.9 Å². The van der Waals surface area contributed by atoms with Gasteiger partial charge in [-0.25, -0.2) is 13.5 Å². The highest BCUT2D eigenvalue weighted by atomic mass is 19.1. The van der Waals surface area contributed by atoms with Gasteiger partial charge in [-0.3, -0.25) is 4.90 Å². The Morgan fingerprint density at radius 2 is 1.72 bits per heavy atom. The van der Waals surface area contributed by atoms with E-state index in [1.165, 1.54) is 23.1 Å². The zero-order chi connectivity index (χ0) is 22.1. The van der Waals surface area contributed by atoms with Crippen molar-refractivity contribution in [3.05, 3.63) is 59.9 Å². The fourth-order valence-electron chi connectivity index (χ4n) is 4.26. The molecule has 0 radical (unpaired) electrons. The van der Waals surface area contributed by atoms with Crippen LogP contribution < -0.4 is 10.6 Å². The second-order valence-corrected chi connectivity index (χ2v) is 8.50. The average molecular weight is 445 g/mol. The molecule has 32 heavy (non-hydrogen) atoms. The second-order valence-electron chi connectivity index (χ2n) is 8.50. The van der Waals surface area contributed by atoms with Crippen LogP contribution in [0.4, 0.5) is 26.1 Å². The number of hydrogen-bond donors (Lipinski definition) is 2. The van der Waals surface area contributed by atoms with Gasteiger partial charge < -0.3 is 15.4 Å². The lowest BCUT2D eigenvalue weighted by Gasteiger charge is -2.41. The molecule has 0 spiro atoms. The smallest absolute Gasteiger partial charge is 0.246 e. The first kappa shape index (κ1) is 20.8. The van der Waals surface area contributed by atoms with Crippen LogP contribution in [0.5, 0.6) is 0 Å². The molecule has 5 rings (SSSR count). The Kier molecular flexibility index (Phi) is 5.75. The molecule has 2 fully saturated rings. The standard InChI is InChI=1S/C23H26F2N6O.2H2/c1-15-6-19(27-18-2-4-30(5-3-18)22-12-32-13-22)11-20(7-15)28-23-26-14-31(29-23)21-9-16(24)8-17(25)10-21;;/h6-11,14,18,22,27H,2-5,12-13H2,1H3,(H,28,29);2*1H. The van der Waals surface area contributed by atoms with Crippen molar-refractivity contribution in [2.45, 2.75) is 31.8 Å². The van der Waals surface area contributed by atoms with Gasteiger partial charge in [0.1, 0.15) is 18.0 Å². The number of benzene rings is 2. The molecule has 2 aliphatic heterocycles. The molecule has 0 aliphatic carbocycles. The fraction of sp³-hybridized carbons (Fsp3) is 0.391. The summed E-state index contributed by atoms with van der Waals surface area (Å²) in [6, 6.07) is 10.4. The number of hydrogen-bond acceptors (Lipinski definition) is 6. The van der Waals surface area contributed by atoms with Gasteiger partial charge in [-0.15, -0.1) is 5.10 Å². The maximum atomic E-state index is 13.5. The van der Waals surface area contributed by atoms with E-state index in [0.717, 1.165) is 62.1 Å². The molecule has 7 nitrogen and oxygen atoms in total. The molecule has 172 valence electrons. The Balaban J connectivity index is 0.00000162. The van der Waals surface area contributed by atoms with Crippen LogP contribution in [0, 0.1) is 18.6 Å². The van der Waals surface area contributed by atoms with E-state index in [9.17, 15) is 8.78 Å². The van der Waals surface area contributed by atoms with Gasteiger partial charge in [0.15, 0.2) is 0 Å². The van der Waals surface area contributed by atoms with E-state index in [1.54, 1.807) is 0 Å². The van der Waals surface area contributed by atoms with Crippen LogP contribution in [0.15, 0.2) is 42.7 Å². The summed E-state index contributed by atoms with van der Waals surface area (Å²) in [6.45, 7) is 5.94. The monoisotopic (exact) mass is 444 g/mol. The topological polar surface area (TPSA) is 67.2 Å². The number of ether oxygens (including phenoxy) is 1. The Morgan fingerprint density at radius 1 is 1.00 bits per heavy atom. The first-order valence-corrected chi connectivity index (χ1v) is 10.9. The van der Waals surface area contributed by atoms with Crippen LogP contribution in [0.2, 0.25) is 0 Å². The van der Waals surface area contributed by atoms with Crippen molar-refractivity contribution < 1.29 is 16.4 Å². The van der Waals surface area contributed by atoms with Crippen molar-refractivity contribution >= 4 is 17.3 Å². The molecule has 2 N–H and O–H groups in total. The quantitative estimate of drug-likeness (QED) is 0.589. The molecule has 0 saturated carbocycles. The number of halogens is 2. The third kappa shape index (κ3) is 4.73. The Labute approximate surface area is 188 Å². The lowest BCUT2D eigenvalue weighted by Crippen LogP contribution is -2.53. The molecular weight excluding hydrogens is 414 g/mol. The highest BCUT2D eigenvalue weighted by molar-refractivity contribution is 5.63. The first-order valence-electron chi connectivity index (χ1n) is 10.9. The van der Waals surface area contributed by atoms with Gasteiger partial charge in [0.2, 0.25) is 5.95 Å². The van der Waals surface area contributed by atoms with Crippen LogP contribution in [-0.2, 0) is 4.74 Å². The maximum Gasteiger partial charge on any atom is 0.246 e. The van der Waals surface area contributed by atoms with E-state index in [0.29, 0.717) is 18.0 Å². The first-order chi connectivity index (χ1) is 15.5.